The molecule has 0 amide bonds. The van der Waals surface area contributed by atoms with E-state index < -0.39 is 0 Å². The lowest BCUT2D eigenvalue weighted by atomic mass is 9.97. The molecule has 0 spiro atoms. The fourth-order valence-electron chi connectivity index (χ4n) is 2.06. The maximum absolute atomic E-state index is 11.3. The zero-order valence-electron chi connectivity index (χ0n) is 10.1. The SMILES string of the molecule is CN1CCC(CNc2nc[nH]c(=O)c2N)CC1. The molecule has 1 saturated heterocycles. The number of piperidine rings is 1. The van der Waals surface area contributed by atoms with Crippen LogP contribution in [0.5, 0.6) is 0 Å². The van der Waals surface area contributed by atoms with Gasteiger partial charge in [-0.05, 0) is 38.9 Å². The quantitative estimate of drug-likeness (QED) is 0.694. The van der Waals surface area contributed by atoms with Crippen LogP contribution in [0, 0.1) is 5.92 Å². The first-order chi connectivity index (χ1) is 8.16. The average molecular weight is 237 g/mol. The van der Waals surface area contributed by atoms with Gasteiger partial charge in [0.2, 0.25) is 0 Å². The lowest BCUT2D eigenvalue weighted by molar-refractivity contribution is 0.226. The van der Waals surface area contributed by atoms with Crippen molar-refractivity contribution >= 4 is 11.5 Å². The highest BCUT2D eigenvalue weighted by Crippen LogP contribution is 2.17. The van der Waals surface area contributed by atoms with E-state index in [0.717, 1.165) is 19.6 Å². The molecule has 1 aromatic heterocycles. The minimum Gasteiger partial charge on any atom is -0.391 e. The smallest absolute Gasteiger partial charge is 0.276 e. The standard InChI is InChI=1S/C11H19N5O/c1-16-4-2-8(3-5-16)6-13-10-9(12)11(17)15-7-14-10/h7-8H,2-6,12H2,1H3,(H2,13,14,15,17). The van der Waals surface area contributed by atoms with Crippen LogP contribution in [0.25, 0.3) is 0 Å². The molecule has 0 saturated carbocycles. The van der Waals surface area contributed by atoms with Gasteiger partial charge in [-0.25, -0.2) is 4.98 Å². The zero-order valence-corrected chi connectivity index (χ0v) is 10.1. The lowest BCUT2D eigenvalue weighted by Gasteiger charge is -2.29. The molecule has 0 atom stereocenters. The van der Waals surface area contributed by atoms with E-state index in [1.165, 1.54) is 19.2 Å². The number of nitrogen functional groups attached to an aromatic ring is 1. The van der Waals surface area contributed by atoms with Crippen LogP contribution in [0.15, 0.2) is 11.1 Å². The highest BCUT2D eigenvalue weighted by Gasteiger charge is 2.16. The van der Waals surface area contributed by atoms with Crippen molar-refractivity contribution in [1.82, 2.24) is 14.9 Å². The molecule has 1 aliphatic heterocycles. The van der Waals surface area contributed by atoms with E-state index in [1.807, 2.05) is 0 Å². The van der Waals surface area contributed by atoms with Crippen LogP contribution in [-0.2, 0) is 0 Å². The van der Waals surface area contributed by atoms with Gasteiger partial charge in [0.05, 0.1) is 6.33 Å². The van der Waals surface area contributed by atoms with Crippen LogP contribution >= 0.6 is 0 Å². The fourth-order valence-corrected chi connectivity index (χ4v) is 2.06. The summed E-state index contributed by atoms with van der Waals surface area (Å²) >= 11 is 0. The van der Waals surface area contributed by atoms with Crippen molar-refractivity contribution in [3.05, 3.63) is 16.7 Å². The van der Waals surface area contributed by atoms with Gasteiger partial charge >= 0.3 is 0 Å². The van der Waals surface area contributed by atoms with Crippen LogP contribution in [-0.4, -0.2) is 41.5 Å². The minimum atomic E-state index is -0.286. The molecule has 6 heteroatoms. The van der Waals surface area contributed by atoms with Crippen molar-refractivity contribution in [3.8, 4) is 0 Å². The molecular weight excluding hydrogens is 218 g/mol. The number of aromatic nitrogens is 2. The molecule has 94 valence electrons. The highest BCUT2D eigenvalue weighted by atomic mass is 16.1. The third-order valence-electron chi connectivity index (χ3n) is 3.29. The van der Waals surface area contributed by atoms with Gasteiger partial charge in [0.25, 0.3) is 5.56 Å². The van der Waals surface area contributed by atoms with E-state index in [9.17, 15) is 4.79 Å². The number of nitrogens with zero attached hydrogens (tertiary/aromatic N) is 2. The molecule has 0 aliphatic carbocycles. The Kier molecular flexibility index (Phi) is 3.63. The minimum absolute atomic E-state index is 0.167. The first-order valence-electron chi connectivity index (χ1n) is 5.92. The number of H-pyrrole nitrogens is 1. The number of hydrogen-bond acceptors (Lipinski definition) is 5. The molecule has 17 heavy (non-hydrogen) atoms. The van der Waals surface area contributed by atoms with Crippen molar-refractivity contribution < 1.29 is 0 Å². The molecule has 1 fully saturated rings. The van der Waals surface area contributed by atoms with E-state index >= 15 is 0 Å². The normalized spacial score (nSPS) is 18.2. The zero-order chi connectivity index (χ0) is 12.3. The van der Waals surface area contributed by atoms with E-state index in [0.29, 0.717) is 11.7 Å². The van der Waals surface area contributed by atoms with Gasteiger partial charge in [0.1, 0.15) is 5.69 Å². The Hall–Kier alpha value is -1.56. The summed E-state index contributed by atoms with van der Waals surface area (Å²) in [7, 11) is 2.14. The van der Waals surface area contributed by atoms with E-state index in [2.05, 4.69) is 27.2 Å². The first kappa shape index (κ1) is 11.9. The van der Waals surface area contributed by atoms with Crippen molar-refractivity contribution in [3.63, 3.8) is 0 Å². The summed E-state index contributed by atoms with van der Waals surface area (Å²) in [6.07, 6.45) is 3.72. The second-order valence-electron chi connectivity index (χ2n) is 4.62. The molecule has 2 heterocycles. The van der Waals surface area contributed by atoms with Crippen molar-refractivity contribution in [2.75, 3.05) is 37.7 Å². The number of rotatable bonds is 3. The number of hydrogen-bond donors (Lipinski definition) is 3. The predicted molar refractivity (Wildman–Crippen MR) is 68.0 cm³/mol. The molecule has 0 radical (unpaired) electrons. The number of likely N-dealkylation sites (tertiary alicyclic amines) is 1. The molecule has 2 rings (SSSR count). The second-order valence-corrected chi connectivity index (χ2v) is 4.62. The lowest BCUT2D eigenvalue weighted by Crippen LogP contribution is -2.33. The maximum atomic E-state index is 11.3. The van der Waals surface area contributed by atoms with E-state index in [-0.39, 0.29) is 11.2 Å². The van der Waals surface area contributed by atoms with Gasteiger partial charge in [-0.3, -0.25) is 4.79 Å². The maximum Gasteiger partial charge on any atom is 0.276 e. The van der Waals surface area contributed by atoms with Gasteiger partial charge in [-0.15, -0.1) is 0 Å². The Labute approximate surface area is 100 Å². The Balaban J connectivity index is 1.90. The van der Waals surface area contributed by atoms with E-state index in [4.69, 9.17) is 5.73 Å². The Morgan fingerprint density at radius 1 is 1.59 bits per heavy atom. The number of aromatic amines is 1. The Morgan fingerprint density at radius 3 is 3.00 bits per heavy atom. The topological polar surface area (TPSA) is 87.0 Å². The molecule has 0 unspecified atom stereocenters. The fraction of sp³-hybridized carbons (Fsp3) is 0.636. The van der Waals surface area contributed by atoms with Crippen LogP contribution < -0.4 is 16.6 Å². The van der Waals surface area contributed by atoms with E-state index in [1.54, 1.807) is 0 Å². The summed E-state index contributed by atoms with van der Waals surface area (Å²) in [5, 5.41) is 3.16. The molecule has 0 bridgehead atoms. The Bertz CT molecular complexity index is 422. The number of anilines is 2. The summed E-state index contributed by atoms with van der Waals surface area (Å²) in [6, 6.07) is 0. The summed E-state index contributed by atoms with van der Waals surface area (Å²) in [5.74, 6) is 1.12. The number of nitrogens with two attached hydrogens (primary N) is 1. The molecule has 6 nitrogen and oxygen atoms in total. The van der Waals surface area contributed by atoms with Crippen molar-refractivity contribution in [2.45, 2.75) is 12.8 Å². The summed E-state index contributed by atoms with van der Waals surface area (Å²) in [4.78, 5) is 20.1. The average Bonchev–Trinajstić information content (AvgIpc) is 2.33. The largest absolute Gasteiger partial charge is 0.391 e. The predicted octanol–water partition coefficient (Wildman–Crippen LogP) is 0.106. The Morgan fingerprint density at radius 2 is 2.29 bits per heavy atom. The van der Waals surface area contributed by atoms with Crippen molar-refractivity contribution in [2.24, 2.45) is 5.92 Å². The summed E-state index contributed by atoms with van der Waals surface area (Å²) in [6.45, 7) is 3.09. The van der Waals surface area contributed by atoms with Crippen molar-refractivity contribution in [1.29, 1.82) is 0 Å². The van der Waals surface area contributed by atoms with Gasteiger partial charge in [0, 0.05) is 6.54 Å². The third-order valence-corrected chi connectivity index (χ3v) is 3.29. The van der Waals surface area contributed by atoms with Crippen LogP contribution in [0.3, 0.4) is 0 Å². The molecule has 1 aliphatic rings. The van der Waals surface area contributed by atoms with Gasteiger partial charge in [0.15, 0.2) is 5.82 Å². The molecule has 4 N–H and O–H groups in total. The summed E-state index contributed by atoms with van der Waals surface area (Å²) in [5.41, 5.74) is 5.52. The highest BCUT2D eigenvalue weighted by molar-refractivity contribution is 5.58. The molecule has 0 aromatic carbocycles. The van der Waals surface area contributed by atoms with Gasteiger partial charge in [-0.2, -0.15) is 0 Å². The van der Waals surface area contributed by atoms with Gasteiger partial charge < -0.3 is 20.9 Å². The first-order valence-corrected chi connectivity index (χ1v) is 5.92. The van der Waals surface area contributed by atoms with Crippen LogP contribution in [0.4, 0.5) is 11.5 Å². The second kappa shape index (κ2) is 5.18. The van der Waals surface area contributed by atoms with Gasteiger partial charge in [-0.1, -0.05) is 0 Å². The number of nitrogens with one attached hydrogen (secondary N) is 2. The molecule has 1 aromatic rings. The monoisotopic (exact) mass is 237 g/mol. The summed E-state index contributed by atoms with van der Waals surface area (Å²) < 4.78 is 0. The van der Waals surface area contributed by atoms with Crippen LogP contribution in [0.2, 0.25) is 0 Å². The molecular formula is C11H19N5O. The van der Waals surface area contributed by atoms with Crippen LogP contribution in [0.1, 0.15) is 12.8 Å². The third kappa shape index (κ3) is 2.97.